The molecule has 24 heavy (non-hydrogen) atoms. The molecule has 2 aromatic heterocycles. The van der Waals surface area contributed by atoms with Crippen molar-refractivity contribution in [2.75, 3.05) is 17.7 Å². The second-order valence-electron chi connectivity index (χ2n) is 4.77. The first-order valence-corrected chi connectivity index (χ1v) is 9.24. The molecule has 0 aliphatic rings. The lowest BCUT2D eigenvalue weighted by molar-refractivity contribution is -0.142. The summed E-state index contributed by atoms with van der Waals surface area (Å²) in [5.41, 5.74) is 1.49. The van der Waals surface area contributed by atoms with Crippen LogP contribution in [0.25, 0.3) is 0 Å². The van der Waals surface area contributed by atoms with Gasteiger partial charge in [-0.15, -0.1) is 23.1 Å². The minimum atomic E-state index is -0.322. The van der Waals surface area contributed by atoms with Gasteiger partial charge in [0.1, 0.15) is 6.33 Å². The minimum Gasteiger partial charge on any atom is -0.466 e. The predicted octanol–water partition coefficient (Wildman–Crippen LogP) is 2.47. The standard InChI is InChI=1S/C15H18N4O3S2/c1-3-22-14(21)7-11-8-24-15(18-11)19-12(20)4-5-23-13-6-10(2)16-9-17-13/h6,8-9H,3-5,7H2,1-2H3,(H,18,19,20). The van der Waals surface area contributed by atoms with E-state index in [4.69, 9.17) is 4.74 Å². The van der Waals surface area contributed by atoms with E-state index < -0.39 is 0 Å². The van der Waals surface area contributed by atoms with Crippen LogP contribution in [0.5, 0.6) is 0 Å². The molecule has 2 heterocycles. The van der Waals surface area contributed by atoms with Crippen molar-refractivity contribution in [2.45, 2.75) is 31.7 Å². The summed E-state index contributed by atoms with van der Waals surface area (Å²) in [7, 11) is 0. The van der Waals surface area contributed by atoms with Crippen LogP contribution in [0.2, 0.25) is 0 Å². The molecule has 2 rings (SSSR count). The number of hydrogen-bond acceptors (Lipinski definition) is 8. The number of nitrogens with zero attached hydrogens (tertiary/aromatic N) is 3. The number of carbonyl (C=O) groups excluding carboxylic acids is 2. The summed E-state index contributed by atoms with van der Waals surface area (Å²) in [6.07, 6.45) is 1.97. The Morgan fingerprint density at radius 1 is 1.38 bits per heavy atom. The van der Waals surface area contributed by atoms with E-state index in [2.05, 4.69) is 20.3 Å². The number of carbonyl (C=O) groups is 2. The average Bonchev–Trinajstić information content (AvgIpc) is 2.94. The smallest absolute Gasteiger partial charge is 0.311 e. The number of aryl methyl sites for hydroxylation is 1. The lowest BCUT2D eigenvalue weighted by Gasteiger charge is -2.02. The Bertz CT molecular complexity index is 706. The topological polar surface area (TPSA) is 94.1 Å². The highest BCUT2D eigenvalue weighted by molar-refractivity contribution is 7.99. The van der Waals surface area contributed by atoms with Crippen molar-refractivity contribution < 1.29 is 14.3 Å². The van der Waals surface area contributed by atoms with E-state index in [1.54, 1.807) is 12.3 Å². The summed E-state index contributed by atoms with van der Waals surface area (Å²) in [4.78, 5) is 35.7. The molecule has 0 atom stereocenters. The highest BCUT2D eigenvalue weighted by atomic mass is 32.2. The molecule has 1 N–H and O–H groups in total. The van der Waals surface area contributed by atoms with E-state index in [0.29, 0.717) is 29.6 Å². The number of ether oxygens (including phenoxy) is 1. The van der Waals surface area contributed by atoms with Crippen molar-refractivity contribution in [3.05, 3.63) is 29.2 Å². The number of nitrogens with one attached hydrogen (secondary N) is 1. The number of anilines is 1. The van der Waals surface area contributed by atoms with Gasteiger partial charge in [0.2, 0.25) is 5.91 Å². The highest BCUT2D eigenvalue weighted by Crippen LogP contribution is 2.18. The lowest BCUT2D eigenvalue weighted by Crippen LogP contribution is -2.12. The number of rotatable bonds is 8. The normalized spacial score (nSPS) is 10.4. The molecule has 1 amide bonds. The summed E-state index contributed by atoms with van der Waals surface area (Å²) in [5, 5.41) is 5.81. The first-order chi connectivity index (χ1) is 11.6. The van der Waals surface area contributed by atoms with Crippen molar-refractivity contribution in [3.63, 3.8) is 0 Å². The molecule has 0 unspecified atom stereocenters. The third kappa shape index (κ3) is 6.25. The molecule has 0 spiro atoms. The first-order valence-electron chi connectivity index (χ1n) is 7.38. The molecule has 2 aromatic rings. The van der Waals surface area contributed by atoms with Gasteiger partial charge in [0.05, 0.1) is 23.7 Å². The second-order valence-corrected chi connectivity index (χ2v) is 6.74. The van der Waals surface area contributed by atoms with Crippen LogP contribution < -0.4 is 5.32 Å². The van der Waals surface area contributed by atoms with E-state index >= 15 is 0 Å². The zero-order valence-corrected chi connectivity index (χ0v) is 15.1. The van der Waals surface area contributed by atoms with Crippen LogP contribution >= 0.6 is 23.1 Å². The van der Waals surface area contributed by atoms with Crippen LogP contribution in [0.3, 0.4) is 0 Å². The van der Waals surface area contributed by atoms with Crippen LogP contribution in [0.1, 0.15) is 24.7 Å². The Labute approximate surface area is 148 Å². The van der Waals surface area contributed by atoms with Crippen molar-refractivity contribution in [1.82, 2.24) is 15.0 Å². The van der Waals surface area contributed by atoms with Gasteiger partial charge in [-0.2, -0.15) is 0 Å². The molecule has 0 saturated heterocycles. The number of thioether (sulfide) groups is 1. The van der Waals surface area contributed by atoms with Crippen LogP contribution in [0, 0.1) is 6.92 Å². The third-order valence-corrected chi connectivity index (χ3v) is 4.52. The molecule has 0 fully saturated rings. The molecular weight excluding hydrogens is 348 g/mol. The first kappa shape index (κ1) is 18.3. The molecule has 0 aliphatic heterocycles. The summed E-state index contributed by atoms with van der Waals surface area (Å²) < 4.78 is 4.86. The quantitative estimate of drug-likeness (QED) is 0.436. The summed E-state index contributed by atoms with van der Waals surface area (Å²) >= 11 is 2.79. The number of amides is 1. The zero-order valence-electron chi connectivity index (χ0n) is 13.4. The van der Waals surface area contributed by atoms with Gasteiger partial charge < -0.3 is 10.1 Å². The Hall–Kier alpha value is -2.00. The maximum atomic E-state index is 11.9. The van der Waals surface area contributed by atoms with Gasteiger partial charge >= 0.3 is 5.97 Å². The van der Waals surface area contributed by atoms with Crippen LogP contribution in [0.15, 0.2) is 22.8 Å². The van der Waals surface area contributed by atoms with E-state index in [1.807, 2.05) is 13.0 Å². The van der Waals surface area contributed by atoms with Crippen LogP contribution in [0.4, 0.5) is 5.13 Å². The van der Waals surface area contributed by atoms with Crippen LogP contribution in [-0.4, -0.2) is 39.2 Å². The summed E-state index contributed by atoms with van der Waals surface area (Å²) in [5.74, 6) is 0.172. The number of thiazole rings is 1. The van der Waals surface area contributed by atoms with Gasteiger partial charge in [-0.05, 0) is 19.9 Å². The van der Waals surface area contributed by atoms with Crippen molar-refractivity contribution in [3.8, 4) is 0 Å². The van der Waals surface area contributed by atoms with Gasteiger partial charge in [-0.25, -0.2) is 15.0 Å². The molecule has 0 radical (unpaired) electrons. The van der Waals surface area contributed by atoms with E-state index in [1.165, 1.54) is 29.4 Å². The summed E-state index contributed by atoms with van der Waals surface area (Å²) in [6.45, 7) is 4.00. The van der Waals surface area contributed by atoms with Gasteiger partial charge in [0.15, 0.2) is 5.13 Å². The SMILES string of the molecule is CCOC(=O)Cc1csc(NC(=O)CCSc2cc(C)ncn2)n1. The maximum Gasteiger partial charge on any atom is 0.311 e. The molecule has 0 saturated carbocycles. The fraction of sp³-hybridized carbons (Fsp3) is 0.400. The fourth-order valence-corrected chi connectivity index (χ4v) is 3.34. The molecular formula is C15H18N4O3S2. The number of hydrogen-bond donors (Lipinski definition) is 1. The molecule has 0 aromatic carbocycles. The predicted molar refractivity (Wildman–Crippen MR) is 93.2 cm³/mol. The number of aromatic nitrogens is 3. The Morgan fingerprint density at radius 2 is 2.21 bits per heavy atom. The average molecular weight is 366 g/mol. The van der Waals surface area contributed by atoms with Crippen molar-refractivity contribution >= 4 is 40.1 Å². The second kappa shape index (κ2) is 9.33. The summed E-state index contributed by atoms with van der Waals surface area (Å²) in [6, 6.07) is 1.88. The van der Waals surface area contributed by atoms with E-state index in [-0.39, 0.29) is 18.3 Å². The van der Waals surface area contributed by atoms with Crippen molar-refractivity contribution in [1.29, 1.82) is 0 Å². The molecule has 0 aliphatic carbocycles. The van der Waals surface area contributed by atoms with E-state index in [0.717, 1.165) is 10.7 Å². The molecule has 128 valence electrons. The monoisotopic (exact) mass is 366 g/mol. The van der Waals surface area contributed by atoms with Gasteiger partial charge in [0, 0.05) is 23.2 Å². The fourth-order valence-electron chi connectivity index (χ4n) is 1.74. The highest BCUT2D eigenvalue weighted by Gasteiger charge is 2.10. The lowest BCUT2D eigenvalue weighted by atomic mass is 10.3. The van der Waals surface area contributed by atoms with E-state index in [9.17, 15) is 9.59 Å². The van der Waals surface area contributed by atoms with Gasteiger partial charge in [-0.3, -0.25) is 9.59 Å². The molecule has 7 nitrogen and oxygen atoms in total. The third-order valence-electron chi connectivity index (χ3n) is 2.79. The zero-order chi connectivity index (χ0) is 17.4. The largest absolute Gasteiger partial charge is 0.466 e. The Balaban J connectivity index is 1.74. The molecule has 9 heteroatoms. The van der Waals surface area contributed by atoms with Crippen LogP contribution in [-0.2, 0) is 20.7 Å². The Morgan fingerprint density at radius 3 is 2.96 bits per heavy atom. The number of esters is 1. The minimum absolute atomic E-state index is 0.114. The van der Waals surface area contributed by atoms with Crippen molar-refractivity contribution in [2.24, 2.45) is 0 Å². The molecule has 0 bridgehead atoms. The van der Waals surface area contributed by atoms with Gasteiger partial charge in [0.25, 0.3) is 0 Å². The Kier molecular flexibility index (Phi) is 7.13. The van der Waals surface area contributed by atoms with Gasteiger partial charge in [-0.1, -0.05) is 0 Å². The maximum absolute atomic E-state index is 11.9.